The molecular weight excluding hydrogens is 220 g/mol. The first-order valence-corrected chi connectivity index (χ1v) is 7.07. The number of nitrogens with one attached hydrogen (secondary N) is 2. The molecule has 0 aromatic heterocycles. The lowest BCUT2D eigenvalue weighted by molar-refractivity contribution is 0.0724. The average molecular weight is 250 g/mol. The van der Waals surface area contributed by atoms with Gasteiger partial charge >= 0.3 is 0 Å². The lowest BCUT2D eigenvalue weighted by Gasteiger charge is -2.47. The smallest absolute Gasteiger partial charge is 0.0134 e. The number of rotatable bonds is 7. The first kappa shape index (κ1) is 15.5. The van der Waals surface area contributed by atoms with Crippen molar-refractivity contribution in [1.82, 2.24) is 10.6 Å². The summed E-state index contributed by atoms with van der Waals surface area (Å²) in [4.78, 5) is 0. The van der Waals surface area contributed by atoms with Crippen LogP contribution in [0, 0.1) is 10.8 Å². The zero-order valence-electron chi connectivity index (χ0n) is 12.4. The molecule has 18 heavy (non-hydrogen) atoms. The Labute approximate surface area is 113 Å². The fourth-order valence-electron chi connectivity index (χ4n) is 3.64. The molecule has 0 saturated heterocycles. The van der Waals surface area contributed by atoms with Gasteiger partial charge in [0.25, 0.3) is 0 Å². The van der Waals surface area contributed by atoms with Crippen LogP contribution < -0.4 is 10.6 Å². The van der Waals surface area contributed by atoms with Crippen molar-refractivity contribution in [3.8, 4) is 0 Å². The van der Waals surface area contributed by atoms with Crippen LogP contribution in [0.2, 0.25) is 0 Å². The molecule has 0 aliphatic heterocycles. The highest BCUT2D eigenvalue weighted by Gasteiger charge is 2.40. The standard InChI is InChI=1S/C16H30N2/c1-6-8-17-13-16(5)11-14(18-9-7-2)10-15(3,4)12-16/h6-7,14,17-18H,1-2,8-13H2,3-5H3. The predicted molar refractivity (Wildman–Crippen MR) is 80.8 cm³/mol. The van der Waals surface area contributed by atoms with Crippen molar-refractivity contribution < 1.29 is 0 Å². The van der Waals surface area contributed by atoms with Crippen LogP contribution in [0.15, 0.2) is 25.3 Å². The Bertz CT molecular complexity index is 283. The minimum Gasteiger partial charge on any atom is -0.313 e. The van der Waals surface area contributed by atoms with E-state index in [1.54, 1.807) is 0 Å². The Morgan fingerprint density at radius 2 is 1.78 bits per heavy atom. The van der Waals surface area contributed by atoms with E-state index in [2.05, 4.69) is 44.6 Å². The predicted octanol–water partition coefficient (Wildman–Crippen LogP) is 3.12. The molecule has 2 N–H and O–H groups in total. The summed E-state index contributed by atoms with van der Waals surface area (Å²) in [6.45, 7) is 17.6. The second-order valence-corrected chi connectivity index (χ2v) is 6.87. The third-order valence-corrected chi connectivity index (χ3v) is 3.83. The summed E-state index contributed by atoms with van der Waals surface area (Å²) >= 11 is 0. The van der Waals surface area contributed by atoms with Crippen molar-refractivity contribution in [3.63, 3.8) is 0 Å². The summed E-state index contributed by atoms with van der Waals surface area (Å²) in [5.74, 6) is 0. The van der Waals surface area contributed by atoms with Crippen molar-refractivity contribution in [2.45, 2.75) is 46.1 Å². The van der Waals surface area contributed by atoms with Gasteiger partial charge in [0.15, 0.2) is 0 Å². The van der Waals surface area contributed by atoms with Gasteiger partial charge in [0.1, 0.15) is 0 Å². The quantitative estimate of drug-likeness (QED) is 0.536. The Kier molecular flexibility index (Phi) is 5.61. The fourth-order valence-corrected chi connectivity index (χ4v) is 3.64. The molecular formula is C16H30N2. The van der Waals surface area contributed by atoms with Gasteiger partial charge in [0.2, 0.25) is 0 Å². The van der Waals surface area contributed by atoms with Gasteiger partial charge in [-0.25, -0.2) is 0 Å². The third-order valence-electron chi connectivity index (χ3n) is 3.83. The molecule has 1 fully saturated rings. The zero-order valence-corrected chi connectivity index (χ0v) is 12.4. The second-order valence-electron chi connectivity index (χ2n) is 6.87. The van der Waals surface area contributed by atoms with Crippen molar-refractivity contribution in [1.29, 1.82) is 0 Å². The summed E-state index contributed by atoms with van der Waals surface area (Å²) in [6, 6.07) is 0.613. The molecule has 2 unspecified atom stereocenters. The van der Waals surface area contributed by atoms with Crippen LogP contribution >= 0.6 is 0 Å². The highest BCUT2D eigenvalue weighted by Crippen LogP contribution is 2.45. The molecule has 1 aliphatic rings. The van der Waals surface area contributed by atoms with Crippen LogP contribution in [0.4, 0.5) is 0 Å². The maximum absolute atomic E-state index is 3.79. The Morgan fingerprint density at radius 1 is 1.11 bits per heavy atom. The van der Waals surface area contributed by atoms with Gasteiger partial charge in [-0.2, -0.15) is 0 Å². The topological polar surface area (TPSA) is 24.1 Å². The molecule has 1 rings (SSSR count). The highest BCUT2D eigenvalue weighted by atomic mass is 14.9. The van der Waals surface area contributed by atoms with E-state index in [0.717, 1.165) is 19.6 Å². The first-order chi connectivity index (χ1) is 8.41. The van der Waals surface area contributed by atoms with E-state index in [0.29, 0.717) is 16.9 Å². The summed E-state index contributed by atoms with van der Waals surface area (Å²) in [5.41, 5.74) is 0.797. The van der Waals surface area contributed by atoms with E-state index < -0.39 is 0 Å². The molecule has 0 aromatic carbocycles. The molecule has 2 atom stereocenters. The van der Waals surface area contributed by atoms with Crippen LogP contribution in [0.5, 0.6) is 0 Å². The van der Waals surface area contributed by atoms with E-state index in [1.165, 1.54) is 19.3 Å². The van der Waals surface area contributed by atoms with E-state index in [1.807, 2.05) is 12.2 Å². The molecule has 0 aromatic rings. The van der Waals surface area contributed by atoms with E-state index in [-0.39, 0.29) is 0 Å². The van der Waals surface area contributed by atoms with Crippen LogP contribution in [0.3, 0.4) is 0 Å². The Balaban J connectivity index is 2.60. The van der Waals surface area contributed by atoms with Crippen LogP contribution in [0.25, 0.3) is 0 Å². The SMILES string of the molecule is C=CCNCC1(C)CC(NCC=C)CC(C)(C)C1. The second kappa shape index (κ2) is 6.53. The molecule has 2 heteroatoms. The van der Waals surface area contributed by atoms with Crippen LogP contribution in [0.1, 0.15) is 40.0 Å². The van der Waals surface area contributed by atoms with Crippen LogP contribution in [-0.4, -0.2) is 25.7 Å². The largest absolute Gasteiger partial charge is 0.313 e. The van der Waals surface area contributed by atoms with Crippen molar-refractivity contribution >= 4 is 0 Å². The Morgan fingerprint density at radius 3 is 2.39 bits per heavy atom. The number of hydrogen-bond acceptors (Lipinski definition) is 2. The molecule has 0 amide bonds. The zero-order chi connectivity index (χ0) is 13.6. The summed E-state index contributed by atoms with van der Waals surface area (Å²) in [6.07, 6.45) is 7.68. The molecule has 1 aliphatic carbocycles. The minimum atomic E-state index is 0.379. The van der Waals surface area contributed by atoms with Gasteiger partial charge in [-0.1, -0.05) is 32.9 Å². The molecule has 0 bridgehead atoms. The fraction of sp³-hybridized carbons (Fsp3) is 0.750. The monoisotopic (exact) mass is 250 g/mol. The first-order valence-electron chi connectivity index (χ1n) is 7.07. The normalized spacial score (nSPS) is 30.9. The van der Waals surface area contributed by atoms with Gasteiger partial charge in [-0.3, -0.25) is 0 Å². The third kappa shape index (κ3) is 4.95. The molecule has 2 nitrogen and oxygen atoms in total. The van der Waals surface area contributed by atoms with Gasteiger partial charge in [0.05, 0.1) is 0 Å². The van der Waals surface area contributed by atoms with E-state index in [4.69, 9.17) is 0 Å². The van der Waals surface area contributed by atoms with E-state index in [9.17, 15) is 0 Å². The number of hydrogen-bond donors (Lipinski definition) is 2. The molecule has 104 valence electrons. The maximum Gasteiger partial charge on any atom is 0.0134 e. The summed E-state index contributed by atoms with van der Waals surface area (Å²) in [7, 11) is 0. The highest BCUT2D eigenvalue weighted by molar-refractivity contribution is 4.96. The van der Waals surface area contributed by atoms with Crippen molar-refractivity contribution in [2.24, 2.45) is 10.8 Å². The summed E-state index contributed by atoms with van der Waals surface area (Å²) in [5, 5.41) is 7.10. The van der Waals surface area contributed by atoms with Gasteiger partial charge < -0.3 is 10.6 Å². The molecule has 1 saturated carbocycles. The Hall–Kier alpha value is -0.600. The van der Waals surface area contributed by atoms with Gasteiger partial charge in [-0.15, -0.1) is 13.2 Å². The maximum atomic E-state index is 3.79. The lowest BCUT2D eigenvalue weighted by atomic mass is 9.62. The minimum absolute atomic E-state index is 0.379. The molecule has 0 heterocycles. The molecule has 0 spiro atoms. The lowest BCUT2D eigenvalue weighted by Crippen LogP contribution is -2.48. The van der Waals surface area contributed by atoms with Crippen molar-refractivity contribution in [2.75, 3.05) is 19.6 Å². The van der Waals surface area contributed by atoms with Crippen LogP contribution in [-0.2, 0) is 0 Å². The average Bonchev–Trinajstić information content (AvgIpc) is 2.24. The molecule has 0 radical (unpaired) electrons. The summed E-state index contributed by atoms with van der Waals surface area (Å²) < 4.78 is 0. The van der Waals surface area contributed by atoms with Crippen molar-refractivity contribution in [3.05, 3.63) is 25.3 Å². The van der Waals surface area contributed by atoms with Gasteiger partial charge in [0, 0.05) is 25.7 Å². The van der Waals surface area contributed by atoms with Gasteiger partial charge in [-0.05, 0) is 30.1 Å². The van der Waals surface area contributed by atoms with E-state index >= 15 is 0 Å².